The summed E-state index contributed by atoms with van der Waals surface area (Å²) in [6.07, 6.45) is 0.302. The Hall–Kier alpha value is -1.10. The molecule has 0 saturated carbocycles. The Balaban J connectivity index is 2.64. The molecule has 3 N–H and O–H groups in total. The van der Waals surface area contributed by atoms with E-state index in [1.165, 1.54) is 0 Å². The number of nitrogens with one attached hydrogen (secondary N) is 1. The van der Waals surface area contributed by atoms with E-state index in [2.05, 4.69) is 26.2 Å². The molecular weight excluding hydrogens is 258 g/mol. The minimum absolute atomic E-state index is 0.00410. The van der Waals surface area contributed by atoms with Gasteiger partial charge in [-0.15, -0.1) is 0 Å². The Labute approximate surface area is 97.4 Å². The predicted octanol–water partition coefficient (Wildman–Crippen LogP) is 1.83. The number of rotatable bonds is 4. The number of carbonyl (C=O) groups excluding carboxylic acids is 1. The van der Waals surface area contributed by atoms with E-state index in [4.69, 9.17) is 5.73 Å². The molecule has 15 heavy (non-hydrogen) atoms. The zero-order valence-corrected chi connectivity index (χ0v) is 10.3. The number of anilines is 1. The van der Waals surface area contributed by atoms with E-state index < -0.39 is 0 Å². The Bertz CT molecular complexity index is 368. The summed E-state index contributed by atoms with van der Waals surface area (Å²) in [5.41, 5.74) is 6.00. The molecule has 1 heterocycles. The van der Waals surface area contributed by atoms with Crippen LogP contribution in [0, 0.1) is 6.92 Å². The van der Waals surface area contributed by atoms with Crippen molar-refractivity contribution >= 4 is 27.7 Å². The van der Waals surface area contributed by atoms with Gasteiger partial charge in [-0.1, -0.05) is 0 Å². The molecule has 1 rings (SSSR count). The number of amides is 1. The molecule has 0 saturated heterocycles. The summed E-state index contributed by atoms with van der Waals surface area (Å²) < 4.78 is 0.968. The highest BCUT2D eigenvalue weighted by atomic mass is 79.9. The van der Waals surface area contributed by atoms with Crippen LogP contribution in [-0.4, -0.2) is 16.9 Å². The van der Waals surface area contributed by atoms with Gasteiger partial charge in [0.2, 0.25) is 5.91 Å². The first-order valence-corrected chi connectivity index (χ1v) is 5.46. The Morgan fingerprint density at radius 1 is 1.67 bits per heavy atom. The molecular formula is C10H14BrN3O. The number of aromatic nitrogens is 1. The molecule has 0 aliphatic rings. The van der Waals surface area contributed by atoms with E-state index in [1.54, 1.807) is 0 Å². The number of hydrogen-bond donors (Lipinski definition) is 2. The summed E-state index contributed by atoms with van der Waals surface area (Å²) in [4.78, 5) is 15.0. The molecule has 1 unspecified atom stereocenters. The van der Waals surface area contributed by atoms with Crippen molar-refractivity contribution < 1.29 is 4.79 Å². The van der Waals surface area contributed by atoms with Gasteiger partial charge in [0.05, 0.1) is 5.69 Å². The van der Waals surface area contributed by atoms with Crippen molar-refractivity contribution in [3.8, 4) is 0 Å². The van der Waals surface area contributed by atoms with Gasteiger partial charge in [0.15, 0.2) is 0 Å². The number of aryl methyl sites for hydroxylation is 1. The zero-order valence-electron chi connectivity index (χ0n) is 8.75. The third-order valence-electron chi connectivity index (χ3n) is 1.92. The van der Waals surface area contributed by atoms with Gasteiger partial charge in [0.25, 0.3) is 0 Å². The molecule has 0 fully saturated rings. The normalized spacial score (nSPS) is 12.2. The zero-order chi connectivity index (χ0) is 11.4. The van der Waals surface area contributed by atoms with Crippen molar-refractivity contribution in [3.63, 3.8) is 0 Å². The monoisotopic (exact) mass is 271 g/mol. The van der Waals surface area contributed by atoms with Gasteiger partial charge in [-0.05, 0) is 41.9 Å². The highest BCUT2D eigenvalue weighted by molar-refractivity contribution is 9.10. The third kappa shape index (κ3) is 3.87. The van der Waals surface area contributed by atoms with E-state index in [0.717, 1.165) is 16.0 Å². The largest absolute Gasteiger partial charge is 0.370 e. The third-order valence-corrected chi connectivity index (χ3v) is 2.76. The summed E-state index contributed by atoms with van der Waals surface area (Å²) in [7, 11) is 0. The van der Waals surface area contributed by atoms with Gasteiger partial charge in [-0.3, -0.25) is 4.79 Å². The molecule has 1 aromatic rings. The van der Waals surface area contributed by atoms with E-state index in [0.29, 0.717) is 6.42 Å². The quantitative estimate of drug-likeness (QED) is 0.878. The van der Waals surface area contributed by atoms with Crippen LogP contribution in [0.1, 0.15) is 19.0 Å². The highest BCUT2D eigenvalue weighted by Crippen LogP contribution is 2.16. The second-order valence-corrected chi connectivity index (χ2v) is 4.33. The number of nitrogens with zero attached hydrogens (tertiary/aromatic N) is 1. The van der Waals surface area contributed by atoms with Gasteiger partial charge in [0.1, 0.15) is 5.82 Å². The fraction of sp³-hybridized carbons (Fsp3) is 0.400. The van der Waals surface area contributed by atoms with Crippen molar-refractivity contribution in [1.82, 2.24) is 4.98 Å². The lowest BCUT2D eigenvalue weighted by molar-refractivity contribution is -0.118. The molecule has 1 aromatic heterocycles. The van der Waals surface area contributed by atoms with Gasteiger partial charge >= 0.3 is 0 Å². The van der Waals surface area contributed by atoms with Crippen LogP contribution >= 0.6 is 15.9 Å². The van der Waals surface area contributed by atoms with Crippen LogP contribution in [0.15, 0.2) is 16.6 Å². The minimum Gasteiger partial charge on any atom is -0.370 e. The second kappa shape index (κ2) is 5.11. The van der Waals surface area contributed by atoms with E-state index in [1.807, 2.05) is 26.0 Å². The van der Waals surface area contributed by atoms with E-state index >= 15 is 0 Å². The molecule has 5 heteroatoms. The average Bonchev–Trinajstić information content (AvgIpc) is 2.10. The number of halogens is 1. The lowest BCUT2D eigenvalue weighted by atomic mass is 10.2. The van der Waals surface area contributed by atoms with Gasteiger partial charge in [-0.2, -0.15) is 0 Å². The van der Waals surface area contributed by atoms with Crippen molar-refractivity contribution in [2.45, 2.75) is 26.3 Å². The maximum Gasteiger partial charge on any atom is 0.219 e. The van der Waals surface area contributed by atoms with Crippen LogP contribution in [0.3, 0.4) is 0 Å². The first kappa shape index (κ1) is 12.0. The lowest BCUT2D eigenvalue weighted by Crippen LogP contribution is -2.24. The number of nitrogens with two attached hydrogens (primary N) is 1. The molecule has 0 aliphatic heterocycles. The standard InChI is InChI=1S/C10H14BrN3O/c1-6(5-9(12)15)13-10-4-3-8(11)7(2)14-10/h3-4,6H,5H2,1-2H3,(H2,12,15)(H,13,14). The van der Waals surface area contributed by atoms with Crippen LogP contribution in [0.4, 0.5) is 5.82 Å². The van der Waals surface area contributed by atoms with Crippen LogP contribution < -0.4 is 11.1 Å². The summed E-state index contributed by atoms with van der Waals surface area (Å²) in [5, 5.41) is 3.11. The SMILES string of the molecule is Cc1nc(NC(C)CC(N)=O)ccc1Br. The van der Waals surface area contributed by atoms with Crippen molar-refractivity contribution in [2.24, 2.45) is 5.73 Å². The molecule has 0 bridgehead atoms. The van der Waals surface area contributed by atoms with Gasteiger partial charge < -0.3 is 11.1 Å². The van der Waals surface area contributed by atoms with Crippen LogP contribution in [0.2, 0.25) is 0 Å². The Kier molecular flexibility index (Phi) is 4.08. The topological polar surface area (TPSA) is 68.0 Å². The number of pyridine rings is 1. The van der Waals surface area contributed by atoms with Crippen LogP contribution in [0.25, 0.3) is 0 Å². The maximum absolute atomic E-state index is 10.7. The smallest absolute Gasteiger partial charge is 0.219 e. The van der Waals surface area contributed by atoms with Crippen molar-refractivity contribution in [3.05, 3.63) is 22.3 Å². The number of primary amides is 1. The summed E-state index contributed by atoms with van der Waals surface area (Å²) in [5.74, 6) is 0.438. The number of carbonyl (C=O) groups is 1. The fourth-order valence-electron chi connectivity index (χ4n) is 1.23. The van der Waals surface area contributed by atoms with Crippen LogP contribution in [-0.2, 0) is 4.79 Å². The molecule has 1 atom stereocenters. The summed E-state index contributed by atoms with van der Waals surface area (Å²) in [6.45, 7) is 3.80. The number of hydrogen-bond acceptors (Lipinski definition) is 3. The van der Waals surface area contributed by atoms with E-state index in [9.17, 15) is 4.79 Å². The second-order valence-electron chi connectivity index (χ2n) is 3.48. The molecule has 0 aromatic carbocycles. The fourth-order valence-corrected chi connectivity index (χ4v) is 1.45. The minimum atomic E-state index is -0.316. The van der Waals surface area contributed by atoms with Crippen LogP contribution in [0.5, 0.6) is 0 Å². The summed E-state index contributed by atoms with van der Waals surface area (Å²) >= 11 is 3.37. The molecule has 82 valence electrons. The lowest BCUT2D eigenvalue weighted by Gasteiger charge is -2.13. The van der Waals surface area contributed by atoms with Crippen molar-refractivity contribution in [1.29, 1.82) is 0 Å². The molecule has 1 amide bonds. The first-order chi connectivity index (χ1) is 6.99. The average molecular weight is 272 g/mol. The Morgan fingerprint density at radius 2 is 2.33 bits per heavy atom. The molecule has 4 nitrogen and oxygen atoms in total. The maximum atomic E-state index is 10.7. The molecule has 0 radical (unpaired) electrons. The van der Waals surface area contributed by atoms with E-state index in [-0.39, 0.29) is 11.9 Å². The van der Waals surface area contributed by atoms with Gasteiger partial charge in [-0.25, -0.2) is 4.98 Å². The molecule has 0 spiro atoms. The predicted molar refractivity (Wildman–Crippen MR) is 63.6 cm³/mol. The first-order valence-electron chi connectivity index (χ1n) is 4.67. The summed E-state index contributed by atoms with van der Waals surface area (Å²) in [6, 6.07) is 3.77. The Morgan fingerprint density at radius 3 is 2.87 bits per heavy atom. The molecule has 0 aliphatic carbocycles. The van der Waals surface area contributed by atoms with Crippen molar-refractivity contribution in [2.75, 3.05) is 5.32 Å². The van der Waals surface area contributed by atoms with Gasteiger partial charge in [0, 0.05) is 16.9 Å². The highest BCUT2D eigenvalue weighted by Gasteiger charge is 2.06.